The summed E-state index contributed by atoms with van der Waals surface area (Å²) in [5, 5.41) is 11.6. The number of amides is 1. The predicted octanol–water partition coefficient (Wildman–Crippen LogP) is 2.60. The fourth-order valence-corrected chi connectivity index (χ4v) is 3.42. The third-order valence-electron chi connectivity index (χ3n) is 4.88. The number of anilines is 1. The van der Waals surface area contributed by atoms with E-state index in [0.29, 0.717) is 22.6 Å². The molecule has 11 heteroatoms. The van der Waals surface area contributed by atoms with Crippen molar-refractivity contribution in [1.29, 1.82) is 0 Å². The van der Waals surface area contributed by atoms with E-state index in [-0.39, 0.29) is 0 Å². The van der Waals surface area contributed by atoms with Gasteiger partial charge < -0.3 is 4.74 Å². The monoisotopic (exact) mass is 406 g/mol. The quantitative estimate of drug-likeness (QED) is 0.513. The van der Waals surface area contributed by atoms with Gasteiger partial charge in [-0.3, -0.25) is 4.90 Å². The lowest BCUT2D eigenvalue weighted by atomic mass is 10.1. The van der Waals surface area contributed by atoms with E-state index in [0.717, 1.165) is 0 Å². The summed E-state index contributed by atoms with van der Waals surface area (Å²) in [5.41, 5.74) is 1.36. The lowest BCUT2D eigenvalue weighted by molar-refractivity contribution is 0.0782. The van der Waals surface area contributed by atoms with Crippen molar-refractivity contribution in [3.8, 4) is 16.9 Å². The number of ether oxygens (including phenoxy) is 1. The van der Waals surface area contributed by atoms with Crippen molar-refractivity contribution in [2.75, 3.05) is 4.90 Å². The maximum Gasteiger partial charge on any atom is 0.416 e. The van der Waals surface area contributed by atoms with E-state index in [2.05, 4.69) is 25.4 Å². The van der Waals surface area contributed by atoms with Gasteiger partial charge in [0, 0.05) is 23.5 Å². The van der Waals surface area contributed by atoms with Gasteiger partial charge in [0.2, 0.25) is 6.23 Å². The van der Waals surface area contributed by atoms with Gasteiger partial charge >= 0.3 is 6.09 Å². The molecule has 0 radical (unpaired) electrons. The minimum Gasteiger partial charge on any atom is -0.421 e. The number of carbonyl (C=O) groups excluding carboxylic acids is 1. The van der Waals surface area contributed by atoms with Gasteiger partial charge in [-0.25, -0.2) is 28.5 Å². The molecule has 5 rings (SSSR count). The number of cyclic esters (lactones) is 1. The molecule has 4 aromatic rings. The number of carbonyl (C=O) groups is 1. The molecule has 1 aliphatic rings. The van der Waals surface area contributed by atoms with Crippen molar-refractivity contribution < 1.29 is 13.9 Å². The zero-order valence-corrected chi connectivity index (χ0v) is 15.7. The van der Waals surface area contributed by atoms with Crippen LogP contribution >= 0.6 is 0 Å². The number of hydrogen-bond donors (Lipinski definition) is 0. The highest BCUT2D eigenvalue weighted by Crippen LogP contribution is 2.34. The van der Waals surface area contributed by atoms with Crippen molar-refractivity contribution >= 4 is 11.8 Å². The maximum atomic E-state index is 14.9. The third-order valence-corrected chi connectivity index (χ3v) is 4.88. The highest BCUT2D eigenvalue weighted by Gasteiger charge is 2.41. The summed E-state index contributed by atoms with van der Waals surface area (Å²) in [4.78, 5) is 22.0. The van der Waals surface area contributed by atoms with Crippen molar-refractivity contribution in [3.05, 3.63) is 67.4 Å². The summed E-state index contributed by atoms with van der Waals surface area (Å²) in [6.45, 7) is 1.80. The Morgan fingerprint density at radius 1 is 1.20 bits per heavy atom. The van der Waals surface area contributed by atoms with Crippen LogP contribution in [0.2, 0.25) is 0 Å². The van der Waals surface area contributed by atoms with Gasteiger partial charge in [-0.15, -0.1) is 5.10 Å². The van der Waals surface area contributed by atoms with Crippen molar-refractivity contribution in [2.45, 2.75) is 19.2 Å². The third kappa shape index (κ3) is 2.96. The van der Waals surface area contributed by atoms with Gasteiger partial charge in [0.05, 0.1) is 17.9 Å². The molecule has 3 aromatic heterocycles. The molecule has 1 aliphatic heterocycles. The van der Waals surface area contributed by atoms with E-state index in [1.165, 1.54) is 39.2 Å². The molecule has 0 N–H and O–H groups in total. The molecule has 0 bridgehead atoms. The number of halogens is 1. The second-order valence-corrected chi connectivity index (χ2v) is 6.68. The standard InChI is InChI=1S/C19H15FN8O2/c1-12-18(26-7-6-23-25-26)30-19(29)28(12)14-3-4-15(16(20)8-14)13-2-5-17(22-9-13)27-11-21-10-24-27/h2-12,18H,1H3/t12-,18?/m1/s1. The van der Waals surface area contributed by atoms with Crippen LogP contribution in [0, 0.1) is 5.82 Å². The molecule has 0 saturated carbocycles. The molecule has 10 nitrogen and oxygen atoms in total. The van der Waals surface area contributed by atoms with Crippen molar-refractivity contribution in [2.24, 2.45) is 0 Å². The molecule has 0 spiro atoms. The molecule has 150 valence electrons. The van der Waals surface area contributed by atoms with E-state index in [4.69, 9.17) is 4.74 Å². The Morgan fingerprint density at radius 2 is 2.10 bits per heavy atom. The second kappa shape index (κ2) is 7.03. The molecule has 1 amide bonds. The summed E-state index contributed by atoms with van der Waals surface area (Å²) >= 11 is 0. The number of nitrogens with zero attached hydrogens (tertiary/aromatic N) is 8. The fraction of sp³-hybridized carbons (Fsp3) is 0.158. The Kier molecular flexibility index (Phi) is 4.20. The van der Waals surface area contributed by atoms with Crippen LogP contribution < -0.4 is 4.90 Å². The van der Waals surface area contributed by atoms with Crippen LogP contribution in [0.3, 0.4) is 0 Å². The molecule has 1 saturated heterocycles. The molecular weight excluding hydrogens is 391 g/mol. The first-order chi connectivity index (χ1) is 14.6. The Balaban J connectivity index is 1.42. The lowest BCUT2D eigenvalue weighted by Gasteiger charge is -2.21. The summed E-state index contributed by atoms with van der Waals surface area (Å²) in [6.07, 6.45) is 6.39. The molecule has 4 heterocycles. The summed E-state index contributed by atoms with van der Waals surface area (Å²) in [5.74, 6) is 0.0908. The summed E-state index contributed by atoms with van der Waals surface area (Å²) in [6, 6.07) is 7.66. The topological polar surface area (TPSA) is 104 Å². The van der Waals surface area contributed by atoms with E-state index in [1.54, 1.807) is 43.6 Å². The number of aromatic nitrogens is 7. The van der Waals surface area contributed by atoms with Crippen LogP contribution in [0.5, 0.6) is 0 Å². The molecule has 0 aliphatic carbocycles. The average molecular weight is 406 g/mol. The number of benzene rings is 1. The van der Waals surface area contributed by atoms with Gasteiger partial charge in [0.1, 0.15) is 18.5 Å². The predicted molar refractivity (Wildman–Crippen MR) is 102 cm³/mol. The Labute approximate surface area is 169 Å². The van der Waals surface area contributed by atoms with E-state index in [9.17, 15) is 9.18 Å². The molecule has 1 unspecified atom stereocenters. The normalized spacial score (nSPS) is 18.6. The Bertz CT molecular complexity index is 1180. The second-order valence-electron chi connectivity index (χ2n) is 6.68. The van der Waals surface area contributed by atoms with Crippen molar-refractivity contribution in [1.82, 2.24) is 34.7 Å². The molecule has 30 heavy (non-hydrogen) atoms. The van der Waals surface area contributed by atoms with Crippen LogP contribution in [0.1, 0.15) is 13.2 Å². The number of pyridine rings is 1. The average Bonchev–Trinajstić information content (AvgIpc) is 3.50. The summed E-state index contributed by atoms with van der Waals surface area (Å²) in [7, 11) is 0. The zero-order valence-electron chi connectivity index (χ0n) is 15.7. The van der Waals surface area contributed by atoms with E-state index >= 15 is 0 Å². The minimum atomic E-state index is -0.642. The van der Waals surface area contributed by atoms with Crippen molar-refractivity contribution in [3.63, 3.8) is 0 Å². The summed E-state index contributed by atoms with van der Waals surface area (Å²) < 4.78 is 23.3. The smallest absolute Gasteiger partial charge is 0.416 e. The van der Waals surface area contributed by atoms with Gasteiger partial charge in [-0.1, -0.05) is 5.21 Å². The van der Waals surface area contributed by atoms with Gasteiger partial charge in [-0.2, -0.15) is 5.10 Å². The molecular formula is C19H15FN8O2. The highest BCUT2D eigenvalue weighted by molar-refractivity contribution is 5.90. The minimum absolute atomic E-state index is 0.365. The van der Waals surface area contributed by atoms with Gasteiger partial charge in [0.25, 0.3) is 0 Å². The lowest BCUT2D eigenvalue weighted by Crippen LogP contribution is -2.33. The zero-order chi connectivity index (χ0) is 20.7. The maximum absolute atomic E-state index is 14.9. The first-order valence-electron chi connectivity index (χ1n) is 9.08. The van der Waals surface area contributed by atoms with E-state index in [1.807, 2.05) is 0 Å². The first-order valence-corrected chi connectivity index (χ1v) is 9.08. The molecule has 1 aromatic carbocycles. The number of hydrogen-bond acceptors (Lipinski definition) is 7. The van der Waals surface area contributed by atoms with E-state index < -0.39 is 24.2 Å². The number of rotatable bonds is 4. The largest absolute Gasteiger partial charge is 0.421 e. The van der Waals surface area contributed by atoms with Crippen LogP contribution in [0.15, 0.2) is 61.6 Å². The SMILES string of the molecule is C[C@@H]1C(n2ccnn2)OC(=O)N1c1ccc(-c2ccc(-n3cncn3)nc2)c(F)c1. The molecule has 2 atom stereocenters. The Morgan fingerprint density at radius 3 is 2.77 bits per heavy atom. The fourth-order valence-electron chi connectivity index (χ4n) is 3.42. The van der Waals surface area contributed by atoms with Gasteiger partial charge in [-0.05, 0) is 37.3 Å². The Hall–Kier alpha value is -4.15. The van der Waals surface area contributed by atoms with Crippen LogP contribution in [0.25, 0.3) is 16.9 Å². The first kappa shape index (κ1) is 17.9. The van der Waals surface area contributed by atoms with Gasteiger partial charge in [0.15, 0.2) is 5.82 Å². The van der Waals surface area contributed by atoms with Crippen LogP contribution in [0.4, 0.5) is 14.9 Å². The highest BCUT2D eigenvalue weighted by atomic mass is 19.1. The molecule has 1 fully saturated rings. The van der Waals surface area contributed by atoms with Crippen LogP contribution in [-0.2, 0) is 4.74 Å². The van der Waals surface area contributed by atoms with Crippen LogP contribution in [-0.4, -0.2) is 46.9 Å².